The second-order valence-corrected chi connectivity index (χ2v) is 9.04. The number of ether oxygens (including phenoxy) is 1. The molecule has 140 valence electrons. The molecule has 2 bridgehead atoms. The van der Waals surface area contributed by atoms with E-state index in [1.165, 1.54) is 7.11 Å². The van der Waals surface area contributed by atoms with Crippen LogP contribution in [0.25, 0.3) is 5.69 Å². The van der Waals surface area contributed by atoms with Crippen LogP contribution in [0.1, 0.15) is 12.8 Å². The Kier molecular flexibility index (Phi) is 4.50. The van der Waals surface area contributed by atoms with E-state index >= 15 is 0 Å². The van der Waals surface area contributed by atoms with Crippen LogP contribution in [-0.4, -0.2) is 67.2 Å². The van der Waals surface area contributed by atoms with Crippen molar-refractivity contribution in [3.05, 3.63) is 36.7 Å². The number of sulfonamides is 1. The largest absolute Gasteiger partial charge is 0.495 e. The highest BCUT2D eigenvalue weighted by molar-refractivity contribution is 7.89. The number of hydrogen-bond donors (Lipinski definition) is 0. The van der Waals surface area contributed by atoms with Gasteiger partial charge in [-0.25, -0.2) is 13.1 Å². The zero-order chi connectivity index (χ0) is 18.3. The highest BCUT2D eigenvalue weighted by Gasteiger charge is 2.41. The van der Waals surface area contributed by atoms with Gasteiger partial charge in [-0.2, -0.15) is 9.40 Å². The molecule has 0 aliphatic carbocycles. The standard InChI is InChI=1S/C18H24N4O3S/c1-20-11-14-4-5-16(13-20)22(12-14)26(23,24)18-10-15(6-7-17(18)25-2)21-9-3-8-19-21/h3,6-10,14,16H,4-5,11-13H2,1-2H3/t14-,16+/m0/s1. The van der Waals surface area contributed by atoms with Crippen molar-refractivity contribution in [1.82, 2.24) is 19.0 Å². The van der Waals surface area contributed by atoms with E-state index in [0.717, 1.165) is 25.9 Å². The Bertz CT molecular complexity index is 882. The molecule has 7 nitrogen and oxygen atoms in total. The van der Waals surface area contributed by atoms with Gasteiger partial charge in [-0.15, -0.1) is 0 Å². The highest BCUT2D eigenvalue weighted by atomic mass is 32.2. The fourth-order valence-corrected chi connectivity index (χ4v) is 6.02. The van der Waals surface area contributed by atoms with Crippen LogP contribution in [0.3, 0.4) is 0 Å². The SMILES string of the molecule is COc1ccc(-n2cccn2)cc1S(=O)(=O)N1C[C@H]2CC[C@@H]1CN(C)C2. The minimum absolute atomic E-state index is 0.0156. The molecule has 5 rings (SSSR count). The topological polar surface area (TPSA) is 67.7 Å². The van der Waals surface area contributed by atoms with E-state index < -0.39 is 10.0 Å². The normalized spacial score (nSPS) is 24.5. The third-order valence-corrected chi connectivity index (χ3v) is 7.29. The number of nitrogens with zero attached hydrogens (tertiary/aromatic N) is 4. The summed E-state index contributed by atoms with van der Waals surface area (Å²) in [6.07, 6.45) is 5.46. The van der Waals surface area contributed by atoms with Crippen molar-refractivity contribution >= 4 is 10.0 Å². The van der Waals surface area contributed by atoms with E-state index in [0.29, 0.717) is 23.9 Å². The summed E-state index contributed by atoms with van der Waals surface area (Å²) in [5.74, 6) is 0.753. The lowest BCUT2D eigenvalue weighted by atomic mass is 9.97. The van der Waals surface area contributed by atoms with E-state index in [9.17, 15) is 8.42 Å². The first-order valence-corrected chi connectivity index (χ1v) is 10.3. The lowest BCUT2D eigenvalue weighted by molar-refractivity contribution is 0.228. The molecule has 4 heterocycles. The predicted octanol–water partition coefficient (Wildman–Crippen LogP) is 1.60. The number of fused-ring (bicyclic) bond motifs is 4. The zero-order valence-electron chi connectivity index (χ0n) is 15.1. The van der Waals surface area contributed by atoms with Crippen molar-refractivity contribution in [1.29, 1.82) is 0 Å². The average Bonchev–Trinajstić information content (AvgIpc) is 3.04. The minimum Gasteiger partial charge on any atom is -0.495 e. The zero-order valence-corrected chi connectivity index (χ0v) is 15.9. The molecule has 3 saturated heterocycles. The summed E-state index contributed by atoms with van der Waals surface area (Å²) in [6, 6.07) is 6.99. The molecule has 0 radical (unpaired) electrons. The quantitative estimate of drug-likeness (QED) is 0.811. The number of likely N-dealkylation sites (N-methyl/N-ethyl adjacent to an activating group) is 1. The summed E-state index contributed by atoms with van der Waals surface area (Å²) in [5, 5.41) is 4.20. The number of rotatable bonds is 4. The number of piperidine rings is 1. The van der Waals surface area contributed by atoms with Crippen molar-refractivity contribution in [2.45, 2.75) is 23.8 Å². The number of benzene rings is 1. The summed E-state index contributed by atoms with van der Waals surface area (Å²) < 4.78 is 35.8. The van der Waals surface area contributed by atoms with Crippen LogP contribution in [0, 0.1) is 5.92 Å². The third kappa shape index (κ3) is 3.02. The van der Waals surface area contributed by atoms with Crippen molar-refractivity contribution in [3.8, 4) is 11.4 Å². The maximum absolute atomic E-state index is 13.5. The van der Waals surface area contributed by atoms with Crippen molar-refractivity contribution in [3.63, 3.8) is 0 Å². The average molecular weight is 376 g/mol. The van der Waals surface area contributed by atoms with Gasteiger partial charge in [0.05, 0.1) is 12.8 Å². The van der Waals surface area contributed by atoms with E-state index in [4.69, 9.17) is 4.74 Å². The van der Waals surface area contributed by atoms with Crippen molar-refractivity contribution in [2.24, 2.45) is 5.92 Å². The molecule has 0 unspecified atom stereocenters. The third-order valence-electron chi connectivity index (χ3n) is 5.35. The van der Waals surface area contributed by atoms with Gasteiger partial charge in [0.1, 0.15) is 10.6 Å². The highest BCUT2D eigenvalue weighted by Crippen LogP contribution is 2.35. The summed E-state index contributed by atoms with van der Waals surface area (Å²) in [5.41, 5.74) is 0.700. The second-order valence-electron chi connectivity index (χ2n) is 7.18. The predicted molar refractivity (Wildman–Crippen MR) is 98.0 cm³/mol. The van der Waals surface area contributed by atoms with Crippen molar-refractivity contribution < 1.29 is 13.2 Å². The van der Waals surface area contributed by atoms with Crippen LogP contribution in [0.5, 0.6) is 5.75 Å². The molecule has 2 aromatic rings. The second kappa shape index (κ2) is 6.68. The monoisotopic (exact) mass is 376 g/mol. The number of aromatic nitrogens is 2. The van der Waals surface area contributed by atoms with Crippen LogP contribution >= 0.6 is 0 Å². The van der Waals surface area contributed by atoms with Gasteiger partial charge in [-0.3, -0.25) is 0 Å². The van der Waals surface area contributed by atoms with Crippen molar-refractivity contribution in [2.75, 3.05) is 33.8 Å². The molecule has 3 aliphatic heterocycles. The molecule has 0 N–H and O–H groups in total. The Hall–Kier alpha value is -1.90. The molecule has 1 aromatic carbocycles. The molecular weight excluding hydrogens is 352 g/mol. The molecular formula is C18H24N4O3S. The van der Waals surface area contributed by atoms with Crippen LogP contribution in [0.15, 0.2) is 41.6 Å². The Labute approximate surface area is 154 Å². The Morgan fingerprint density at radius 3 is 2.77 bits per heavy atom. The van der Waals surface area contributed by atoms with E-state index in [1.807, 2.05) is 12.1 Å². The Balaban J connectivity index is 1.77. The molecule has 3 aliphatic rings. The van der Waals surface area contributed by atoms with Gasteiger partial charge in [-0.1, -0.05) is 0 Å². The lowest BCUT2D eigenvalue weighted by Crippen LogP contribution is -2.47. The maximum Gasteiger partial charge on any atom is 0.247 e. The van der Waals surface area contributed by atoms with E-state index in [2.05, 4.69) is 17.0 Å². The summed E-state index contributed by atoms with van der Waals surface area (Å²) in [4.78, 5) is 2.46. The molecule has 26 heavy (non-hydrogen) atoms. The number of hydrogen-bond acceptors (Lipinski definition) is 5. The van der Waals surface area contributed by atoms with Gasteiger partial charge in [0.25, 0.3) is 0 Å². The first-order chi connectivity index (χ1) is 12.5. The molecule has 8 heteroatoms. The van der Waals surface area contributed by atoms with E-state index in [1.54, 1.807) is 33.5 Å². The lowest BCUT2D eigenvalue weighted by Gasteiger charge is -2.35. The van der Waals surface area contributed by atoms with Crippen LogP contribution < -0.4 is 4.74 Å². The van der Waals surface area contributed by atoms with Gasteiger partial charge < -0.3 is 9.64 Å². The van der Waals surface area contributed by atoms with Crippen LogP contribution in [0.4, 0.5) is 0 Å². The van der Waals surface area contributed by atoms with Gasteiger partial charge in [0.2, 0.25) is 10.0 Å². The molecule has 0 spiro atoms. The fraction of sp³-hybridized carbons (Fsp3) is 0.500. The summed E-state index contributed by atoms with van der Waals surface area (Å²) in [7, 11) is -0.0814. The summed E-state index contributed by atoms with van der Waals surface area (Å²) >= 11 is 0. The van der Waals surface area contributed by atoms with Gasteiger partial charge in [0, 0.05) is 38.1 Å². The smallest absolute Gasteiger partial charge is 0.247 e. The van der Waals surface area contributed by atoms with Crippen LogP contribution in [-0.2, 0) is 10.0 Å². The minimum atomic E-state index is -3.66. The molecule has 3 fully saturated rings. The molecule has 0 saturated carbocycles. The first-order valence-electron chi connectivity index (χ1n) is 8.87. The van der Waals surface area contributed by atoms with Crippen LogP contribution in [0.2, 0.25) is 0 Å². The first kappa shape index (κ1) is 17.5. The molecule has 1 aromatic heterocycles. The fourth-order valence-electron chi connectivity index (χ4n) is 4.13. The molecule has 0 amide bonds. The van der Waals surface area contributed by atoms with Gasteiger partial charge in [0.15, 0.2) is 0 Å². The van der Waals surface area contributed by atoms with Gasteiger partial charge in [-0.05, 0) is 50.1 Å². The Morgan fingerprint density at radius 2 is 2.04 bits per heavy atom. The summed E-state index contributed by atoms with van der Waals surface area (Å²) in [6.45, 7) is 2.30. The van der Waals surface area contributed by atoms with Gasteiger partial charge >= 0.3 is 0 Å². The number of methoxy groups -OCH3 is 1. The molecule has 2 atom stereocenters. The Morgan fingerprint density at radius 1 is 1.19 bits per heavy atom. The van der Waals surface area contributed by atoms with E-state index in [-0.39, 0.29) is 10.9 Å². The maximum atomic E-state index is 13.5.